The third kappa shape index (κ3) is 4.61. The summed E-state index contributed by atoms with van der Waals surface area (Å²) in [6.07, 6.45) is 2.28. The van der Waals surface area contributed by atoms with Gasteiger partial charge in [0.25, 0.3) is 0 Å². The van der Waals surface area contributed by atoms with Crippen LogP contribution < -0.4 is 14.8 Å². The maximum atomic E-state index is 9.90. The highest BCUT2D eigenvalue weighted by atomic mass is 16.5. The van der Waals surface area contributed by atoms with Crippen LogP contribution >= 0.6 is 0 Å². The van der Waals surface area contributed by atoms with E-state index in [0.29, 0.717) is 12.6 Å². The highest BCUT2D eigenvalue weighted by molar-refractivity contribution is 5.43. The van der Waals surface area contributed by atoms with Gasteiger partial charge in [-0.1, -0.05) is 19.9 Å². The van der Waals surface area contributed by atoms with Crippen molar-refractivity contribution in [1.82, 2.24) is 5.32 Å². The van der Waals surface area contributed by atoms with Gasteiger partial charge in [-0.15, -0.1) is 0 Å². The van der Waals surface area contributed by atoms with Crippen LogP contribution in [0.1, 0.15) is 45.6 Å². The highest BCUT2D eigenvalue weighted by Crippen LogP contribution is 2.32. The zero-order valence-corrected chi connectivity index (χ0v) is 13.3. The number of ether oxygens (including phenoxy) is 2. The highest BCUT2D eigenvalue weighted by Gasteiger charge is 2.27. The fraction of sp³-hybridized carbons (Fsp3) is 0.647. The molecule has 1 fully saturated rings. The second-order valence-electron chi connectivity index (χ2n) is 5.90. The van der Waals surface area contributed by atoms with Gasteiger partial charge in [-0.25, -0.2) is 0 Å². The van der Waals surface area contributed by atoms with Crippen LogP contribution in [0.3, 0.4) is 0 Å². The van der Waals surface area contributed by atoms with Gasteiger partial charge in [-0.3, -0.25) is 0 Å². The van der Waals surface area contributed by atoms with E-state index in [2.05, 4.69) is 25.2 Å². The molecule has 0 radical (unpaired) electrons. The maximum absolute atomic E-state index is 9.90. The largest absolute Gasteiger partial charge is 0.490 e. The molecule has 0 aliphatic heterocycles. The van der Waals surface area contributed by atoms with Gasteiger partial charge in [0.05, 0.1) is 12.7 Å². The van der Waals surface area contributed by atoms with Gasteiger partial charge in [-0.05, 0) is 43.9 Å². The summed E-state index contributed by atoms with van der Waals surface area (Å²) < 4.78 is 11.7. The third-order valence-corrected chi connectivity index (χ3v) is 3.72. The average molecular weight is 293 g/mol. The molecule has 1 aromatic carbocycles. The predicted octanol–water partition coefficient (Wildman–Crippen LogP) is 2.88. The Bertz CT molecular complexity index is 448. The van der Waals surface area contributed by atoms with Crippen molar-refractivity contribution in [2.45, 2.75) is 64.8 Å². The molecule has 0 saturated heterocycles. The topological polar surface area (TPSA) is 50.7 Å². The Balaban J connectivity index is 2.08. The van der Waals surface area contributed by atoms with Gasteiger partial charge in [0.2, 0.25) is 0 Å². The predicted molar refractivity (Wildman–Crippen MR) is 83.9 cm³/mol. The minimum Gasteiger partial charge on any atom is -0.490 e. The van der Waals surface area contributed by atoms with Crippen molar-refractivity contribution in [3.8, 4) is 11.5 Å². The van der Waals surface area contributed by atoms with E-state index in [1.54, 1.807) is 0 Å². The van der Waals surface area contributed by atoms with E-state index in [9.17, 15) is 5.11 Å². The summed E-state index contributed by atoms with van der Waals surface area (Å²) in [5.41, 5.74) is 1.17. The van der Waals surface area contributed by atoms with Crippen molar-refractivity contribution < 1.29 is 14.6 Å². The Morgan fingerprint density at radius 2 is 2.10 bits per heavy atom. The monoisotopic (exact) mass is 293 g/mol. The number of aliphatic hydroxyl groups is 1. The minimum absolute atomic E-state index is 0.108. The van der Waals surface area contributed by atoms with Crippen molar-refractivity contribution in [3.63, 3.8) is 0 Å². The van der Waals surface area contributed by atoms with Crippen LogP contribution in [0.15, 0.2) is 18.2 Å². The molecule has 0 heterocycles. The third-order valence-electron chi connectivity index (χ3n) is 3.72. The van der Waals surface area contributed by atoms with Crippen molar-refractivity contribution in [1.29, 1.82) is 0 Å². The van der Waals surface area contributed by atoms with Crippen LogP contribution in [0.2, 0.25) is 0 Å². The summed E-state index contributed by atoms with van der Waals surface area (Å²) in [5.74, 6) is 1.50. The van der Waals surface area contributed by atoms with E-state index in [4.69, 9.17) is 9.47 Å². The van der Waals surface area contributed by atoms with Gasteiger partial charge < -0.3 is 19.9 Å². The molecule has 2 rings (SSSR count). The molecule has 0 bridgehead atoms. The number of benzene rings is 1. The van der Waals surface area contributed by atoms with Crippen LogP contribution in [-0.2, 0) is 6.54 Å². The lowest BCUT2D eigenvalue weighted by Gasteiger charge is -2.20. The molecule has 1 aliphatic carbocycles. The first-order chi connectivity index (χ1) is 10.1. The van der Waals surface area contributed by atoms with Crippen molar-refractivity contribution in [2.24, 2.45) is 0 Å². The van der Waals surface area contributed by atoms with Crippen LogP contribution in [-0.4, -0.2) is 30.0 Å². The van der Waals surface area contributed by atoms with Crippen molar-refractivity contribution in [3.05, 3.63) is 23.8 Å². The average Bonchev–Trinajstić information content (AvgIpc) is 2.85. The zero-order chi connectivity index (χ0) is 15.2. The van der Waals surface area contributed by atoms with Crippen LogP contribution in [0.4, 0.5) is 0 Å². The molecule has 4 nitrogen and oxygen atoms in total. The quantitative estimate of drug-likeness (QED) is 0.811. The Kier molecular flexibility index (Phi) is 5.88. The fourth-order valence-electron chi connectivity index (χ4n) is 2.56. The second kappa shape index (κ2) is 7.66. The van der Waals surface area contributed by atoms with E-state index in [0.717, 1.165) is 37.3 Å². The minimum atomic E-state index is -0.359. The number of rotatable bonds is 7. The molecule has 1 aromatic rings. The summed E-state index contributed by atoms with van der Waals surface area (Å²) in [5, 5.41) is 13.3. The maximum Gasteiger partial charge on any atom is 0.161 e. The van der Waals surface area contributed by atoms with E-state index in [1.165, 1.54) is 5.56 Å². The zero-order valence-electron chi connectivity index (χ0n) is 13.3. The lowest BCUT2D eigenvalue weighted by molar-refractivity contribution is 0.0582. The van der Waals surface area contributed by atoms with E-state index < -0.39 is 0 Å². The van der Waals surface area contributed by atoms with E-state index in [-0.39, 0.29) is 12.2 Å². The molecular weight excluding hydrogens is 266 g/mol. The van der Waals surface area contributed by atoms with Gasteiger partial charge >= 0.3 is 0 Å². The standard InChI is InChI=1S/C17H27NO3/c1-4-20-17-10-13(11-18-12(2)3)8-9-16(17)21-15-7-5-6-14(15)19/h8-10,12,14-15,18-19H,4-7,11H2,1-3H3. The number of aliphatic hydroxyl groups excluding tert-OH is 1. The van der Waals surface area contributed by atoms with Crippen LogP contribution in [0.5, 0.6) is 11.5 Å². The molecule has 0 aromatic heterocycles. The van der Waals surface area contributed by atoms with E-state index in [1.807, 2.05) is 19.1 Å². The number of nitrogens with one attached hydrogen (secondary N) is 1. The molecule has 118 valence electrons. The van der Waals surface area contributed by atoms with E-state index >= 15 is 0 Å². The molecule has 0 amide bonds. The van der Waals surface area contributed by atoms with Crippen molar-refractivity contribution >= 4 is 0 Å². The molecule has 0 spiro atoms. The molecular formula is C17H27NO3. The smallest absolute Gasteiger partial charge is 0.161 e. The van der Waals surface area contributed by atoms with Gasteiger partial charge in [0.1, 0.15) is 6.10 Å². The first-order valence-electron chi connectivity index (χ1n) is 7.94. The summed E-state index contributed by atoms with van der Waals surface area (Å²) in [7, 11) is 0. The van der Waals surface area contributed by atoms with Gasteiger partial charge in [0.15, 0.2) is 11.5 Å². The summed E-state index contributed by atoms with van der Waals surface area (Å²) in [4.78, 5) is 0. The Morgan fingerprint density at radius 3 is 2.71 bits per heavy atom. The molecule has 1 saturated carbocycles. The molecule has 2 N–H and O–H groups in total. The van der Waals surface area contributed by atoms with Crippen LogP contribution in [0.25, 0.3) is 0 Å². The van der Waals surface area contributed by atoms with Gasteiger partial charge in [0, 0.05) is 12.6 Å². The first kappa shape index (κ1) is 16.1. The Morgan fingerprint density at radius 1 is 1.29 bits per heavy atom. The van der Waals surface area contributed by atoms with Crippen LogP contribution in [0, 0.1) is 0 Å². The summed E-state index contributed by atoms with van der Waals surface area (Å²) >= 11 is 0. The fourth-order valence-corrected chi connectivity index (χ4v) is 2.56. The lowest BCUT2D eigenvalue weighted by Crippen LogP contribution is -2.26. The SMILES string of the molecule is CCOc1cc(CNC(C)C)ccc1OC1CCCC1O. The molecule has 1 aliphatic rings. The molecule has 2 unspecified atom stereocenters. The Hall–Kier alpha value is -1.26. The summed E-state index contributed by atoms with van der Waals surface area (Å²) in [6, 6.07) is 6.47. The Labute approximate surface area is 127 Å². The second-order valence-corrected chi connectivity index (χ2v) is 5.90. The number of hydrogen-bond acceptors (Lipinski definition) is 4. The van der Waals surface area contributed by atoms with Crippen molar-refractivity contribution in [2.75, 3.05) is 6.61 Å². The lowest BCUT2D eigenvalue weighted by atomic mass is 10.2. The molecule has 4 heteroatoms. The van der Waals surface area contributed by atoms with Gasteiger partial charge in [-0.2, -0.15) is 0 Å². The number of hydrogen-bond donors (Lipinski definition) is 2. The molecule has 21 heavy (non-hydrogen) atoms. The first-order valence-corrected chi connectivity index (χ1v) is 7.94. The molecule has 2 atom stereocenters. The normalized spacial score (nSPS) is 21.8. The summed E-state index contributed by atoms with van der Waals surface area (Å²) in [6.45, 7) is 7.63.